The van der Waals surface area contributed by atoms with Crippen LogP contribution in [0, 0.1) is 0 Å². The number of rotatable bonds is 5. The molecule has 1 atom stereocenters. The fourth-order valence-corrected chi connectivity index (χ4v) is 1.90. The van der Waals surface area contributed by atoms with Gasteiger partial charge in [-0.2, -0.15) is 5.10 Å². The zero-order chi connectivity index (χ0) is 12.1. The molecule has 90 valence electrons. The average molecular weight is 229 g/mol. The third-order valence-corrected chi connectivity index (χ3v) is 2.99. The molecule has 2 N–H and O–H groups in total. The third-order valence-electron chi connectivity index (χ3n) is 2.99. The highest BCUT2D eigenvalue weighted by molar-refractivity contribution is 5.61. The molecule has 0 amide bonds. The van der Waals surface area contributed by atoms with Crippen molar-refractivity contribution < 1.29 is 0 Å². The summed E-state index contributed by atoms with van der Waals surface area (Å²) < 4.78 is 2.03. The maximum Gasteiger partial charge on any atom is 0.0568 e. The van der Waals surface area contributed by atoms with Crippen molar-refractivity contribution in [1.29, 1.82) is 0 Å². The van der Waals surface area contributed by atoms with E-state index in [1.165, 1.54) is 11.1 Å². The molecule has 1 aromatic heterocycles. The van der Waals surface area contributed by atoms with Gasteiger partial charge in [0, 0.05) is 17.8 Å². The number of nitrogens with zero attached hydrogens (tertiary/aromatic N) is 2. The van der Waals surface area contributed by atoms with Crippen LogP contribution < -0.4 is 5.73 Å². The van der Waals surface area contributed by atoms with Gasteiger partial charge in [0.05, 0.1) is 6.20 Å². The Balaban J connectivity index is 2.11. The molecule has 0 spiro atoms. The molecule has 3 nitrogen and oxygen atoms in total. The van der Waals surface area contributed by atoms with E-state index >= 15 is 0 Å². The molecule has 2 rings (SSSR count). The smallest absolute Gasteiger partial charge is 0.0568 e. The standard InChI is InChI=1S/C14H19N3/c1-12(6-5-9-15)17-11-14(10-16-17)13-7-3-2-4-8-13/h2-4,7-8,10-12H,5-6,9,15H2,1H3. The summed E-state index contributed by atoms with van der Waals surface area (Å²) >= 11 is 0. The van der Waals surface area contributed by atoms with E-state index in [0.29, 0.717) is 6.04 Å². The molecule has 0 aliphatic rings. The predicted molar refractivity (Wildman–Crippen MR) is 70.7 cm³/mol. The van der Waals surface area contributed by atoms with Gasteiger partial charge in [-0.1, -0.05) is 30.3 Å². The summed E-state index contributed by atoms with van der Waals surface area (Å²) in [5.74, 6) is 0. The largest absolute Gasteiger partial charge is 0.330 e. The van der Waals surface area contributed by atoms with Gasteiger partial charge in [-0.05, 0) is 31.9 Å². The van der Waals surface area contributed by atoms with Crippen molar-refractivity contribution >= 4 is 0 Å². The number of hydrogen-bond acceptors (Lipinski definition) is 2. The van der Waals surface area contributed by atoms with Crippen LogP contribution in [0.2, 0.25) is 0 Å². The summed E-state index contributed by atoms with van der Waals surface area (Å²) in [7, 11) is 0. The van der Waals surface area contributed by atoms with Crippen molar-refractivity contribution in [3.05, 3.63) is 42.7 Å². The lowest BCUT2D eigenvalue weighted by atomic mass is 10.1. The van der Waals surface area contributed by atoms with Crippen LogP contribution in [0.3, 0.4) is 0 Å². The van der Waals surface area contributed by atoms with E-state index in [2.05, 4.69) is 30.4 Å². The van der Waals surface area contributed by atoms with E-state index in [0.717, 1.165) is 19.4 Å². The molecular weight excluding hydrogens is 210 g/mol. The van der Waals surface area contributed by atoms with Crippen molar-refractivity contribution in [2.45, 2.75) is 25.8 Å². The molecular formula is C14H19N3. The lowest BCUT2D eigenvalue weighted by Crippen LogP contribution is -2.08. The van der Waals surface area contributed by atoms with Gasteiger partial charge in [-0.3, -0.25) is 4.68 Å². The molecule has 1 heterocycles. The van der Waals surface area contributed by atoms with Crippen molar-refractivity contribution in [2.75, 3.05) is 6.54 Å². The minimum Gasteiger partial charge on any atom is -0.330 e. The average Bonchev–Trinajstić information content (AvgIpc) is 2.86. The van der Waals surface area contributed by atoms with Crippen LogP contribution in [0.25, 0.3) is 11.1 Å². The SMILES string of the molecule is CC(CCCN)n1cc(-c2ccccc2)cn1. The zero-order valence-electron chi connectivity index (χ0n) is 10.2. The lowest BCUT2D eigenvalue weighted by molar-refractivity contribution is 0.449. The maximum absolute atomic E-state index is 5.52. The molecule has 0 aliphatic carbocycles. The predicted octanol–water partition coefficient (Wildman–Crippen LogP) is 2.85. The van der Waals surface area contributed by atoms with Crippen LogP contribution in [0.15, 0.2) is 42.7 Å². The number of hydrogen-bond donors (Lipinski definition) is 1. The van der Waals surface area contributed by atoms with Crippen LogP contribution >= 0.6 is 0 Å². The van der Waals surface area contributed by atoms with Crippen molar-refractivity contribution in [1.82, 2.24) is 9.78 Å². The summed E-state index contributed by atoms with van der Waals surface area (Å²) in [5.41, 5.74) is 7.91. The van der Waals surface area contributed by atoms with E-state index in [1.54, 1.807) is 0 Å². The summed E-state index contributed by atoms with van der Waals surface area (Å²) in [6, 6.07) is 10.7. The Hall–Kier alpha value is -1.61. The summed E-state index contributed by atoms with van der Waals surface area (Å²) in [5, 5.41) is 4.42. The lowest BCUT2D eigenvalue weighted by Gasteiger charge is -2.10. The van der Waals surface area contributed by atoms with Crippen LogP contribution in [0.5, 0.6) is 0 Å². The van der Waals surface area contributed by atoms with E-state index in [-0.39, 0.29) is 0 Å². The molecule has 0 saturated carbocycles. The first kappa shape index (κ1) is 11.9. The highest BCUT2D eigenvalue weighted by atomic mass is 15.3. The zero-order valence-corrected chi connectivity index (χ0v) is 10.2. The van der Waals surface area contributed by atoms with E-state index in [4.69, 9.17) is 5.73 Å². The molecule has 17 heavy (non-hydrogen) atoms. The molecule has 0 fully saturated rings. The van der Waals surface area contributed by atoms with E-state index < -0.39 is 0 Å². The fraction of sp³-hybridized carbons (Fsp3) is 0.357. The van der Waals surface area contributed by atoms with Gasteiger partial charge in [0.15, 0.2) is 0 Å². The van der Waals surface area contributed by atoms with Gasteiger partial charge in [-0.25, -0.2) is 0 Å². The second kappa shape index (κ2) is 5.64. The topological polar surface area (TPSA) is 43.8 Å². The van der Waals surface area contributed by atoms with Gasteiger partial charge in [0.1, 0.15) is 0 Å². The first-order valence-electron chi connectivity index (χ1n) is 6.11. The molecule has 2 aromatic rings. The van der Waals surface area contributed by atoms with Crippen LogP contribution in [-0.2, 0) is 0 Å². The Kier molecular flexibility index (Phi) is 3.94. The van der Waals surface area contributed by atoms with Crippen LogP contribution in [0.1, 0.15) is 25.8 Å². The molecule has 3 heteroatoms. The molecule has 0 radical (unpaired) electrons. The van der Waals surface area contributed by atoms with Crippen LogP contribution in [0.4, 0.5) is 0 Å². The highest BCUT2D eigenvalue weighted by Gasteiger charge is 2.06. The molecule has 1 unspecified atom stereocenters. The quantitative estimate of drug-likeness (QED) is 0.856. The first-order valence-corrected chi connectivity index (χ1v) is 6.11. The second-order valence-electron chi connectivity index (χ2n) is 4.35. The Morgan fingerprint density at radius 1 is 1.24 bits per heavy atom. The Morgan fingerprint density at radius 3 is 2.71 bits per heavy atom. The van der Waals surface area contributed by atoms with Gasteiger partial charge < -0.3 is 5.73 Å². The van der Waals surface area contributed by atoms with Gasteiger partial charge >= 0.3 is 0 Å². The Morgan fingerprint density at radius 2 is 2.00 bits per heavy atom. The van der Waals surface area contributed by atoms with Gasteiger partial charge in [-0.15, -0.1) is 0 Å². The van der Waals surface area contributed by atoms with Gasteiger partial charge in [0.25, 0.3) is 0 Å². The van der Waals surface area contributed by atoms with Crippen LogP contribution in [-0.4, -0.2) is 16.3 Å². The minimum atomic E-state index is 0.413. The molecule has 0 bridgehead atoms. The summed E-state index contributed by atoms with van der Waals surface area (Å²) in [6.45, 7) is 2.93. The van der Waals surface area contributed by atoms with E-state index in [1.807, 2.05) is 29.1 Å². The number of nitrogens with two attached hydrogens (primary N) is 1. The summed E-state index contributed by atoms with van der Waals surface area (Å²) in [4.78, 5) is 0. The van der Waals surface area contributed by atoms with Crippen molar-refractivity contribution in [3.63, 3.8) is 0 Å². The van der Waals surface area contributed by atoms with Gasteiger partial charge in [0.2, 0.25) is 0 Å². The van der Waals surface area contributed by atoms with Crippen molar-refractivity contribution in [3.8, 4) is 11.1 Å². The molecule has 0 saturated heterocycles. The fourth-order valence-electron chi connectivity index (χ4n) is 1.90. The number of benzene rings is 1. The Labute approximate surface area is 102 Å². The molecule has 0 aliphatic heterocycles. The number of aromatic nitrogens is 2. The monoisotopic (exact) mass is 229 g/mol. The molecule has 1 aromatic carbocycles. The highest BCUT2D eigenvalue weighted by Crippen LogP contribution is 2.20. The normalized spacial score (nSPS) is 12.6. The second-order valence-corrected chi connectivity index (χ2v) is 4.35. The minimum absolute atomic E-state index is 0.413. The maximum atomic E-state index is 5.52. The Bertz CT molecular complexity index is 448. The van der Waals surface area contributed by atoms with Crippen molar-refractivity contribution in [2.24, 2.45) is 5.73 Å². The first-order chi connectivity index (χ1) is 8.31. The summed E-state index contributed by atoms with van der Waals surface area (Å²) in [6.07, 6.45) is 6.15. The van der Waals surface area contributed by atoms with E-state index in [9.17, 15) is 0 Å². The third kappa shape index (κ3) is 2.94.